The predicted octanol–water partition coefficient (Wildman–Crippen LogP) is 4.25. The largest absolute Gasteiger partial charge is 0.343 e. The monoisotopic (exact) mass is 290 g/mol. The van der Waals surface area contributed by atoms with E-state index in [2.05, 4.69) is 71.5 Å². The molecule has 2 nitrogen and oxygen atoms in total. The van der Waals surface area contributed by atoms with Gasteiger partial charge in [-0.2, -0.15) is 0 Å². The van der Waals surface area contributed by atoms with E-state index in [1.807, 2.05) is 0 Å². The van der Waals surface area contributed by atoms with Gasteiger partial charge in [0.25, 0.3) is 0 Å². The molecule has 0 bridgehead atoms. The summed E-state index contributed by atoms with van der Waals surface area (Å²) in [4.78, 5) is 0. The van der Waals surface area contributed by atoms with Crippen LogP contribution < -0.4 is 5.32 Å². The summed E-state index contributed by atoms with van der Waals surface area (Å²) >= 11 is 0. The van der Waals surface area contributed by atoms with E-state index in [1.54, 1.807) is 0 Å². The normalized spacial score (nSPS) is 14.6. The summed E-state index contributed by atoms with van der Waals surface area (Å²) in [7, 11) is 0. The van der Waals surface area contributed by atoms with Crippen LogP contribution in [-0.4, -0.2) is 10.6 Å². The lowest BCUT2D eigenvalue weighted by molar-refractivity contribution is 0.687. The Bertz CT molecular complexity index is 796. The van der Waals surface area contributed by atoms with Crippen LogP contribution in [0.4, 0.5) is 0 Å². The Morgan fingerprint density at radius 2 is 1.95 bits per heavy atom. The lowest BCUT2D eigenvalue weighted by Gasteiger charge is -2.06. The molecule has 0 unspecified atom stereocenters. The van der Waals surface area contributed by atoms with Gasteiger partial charge in [0, 0.05) is 36.2 Å². The molecule has 1 saturated carbocycles. The molecule has 0 spiro atoms. The van der Waals surface area contributed by atoms with Crippen molar-refractivity contribution in [2.24, 2.45) is 0 Å². The second kappa shape index (κ2) is 5.62. The van der Waals surface area contributed by atoms with Crippen molar-refractivity contribution in [2.45, 2.75) is 38.9 Å². The molecule has 4 rings (SSSR count). The Balaban J connectivity index is 1.67. The lowest BCUT2D eigenvalue weighted by atomic mass is 10.1. The molecule has 1 N–H and O–H groups in total. The Kier molecular flexibility index (Phi) is 3.47. The zero-order valence-electron chi connectivity index (χ0n) is 13.0. The van der Waals surface area contributed by atoms with Crippen molar-refractivity contribution in [1.82, 2.24) is 9.88 Å². The summed E-state index contributed by atoms with van der Waals surface area (Å²) in [6.07, 6.45) is 4.99. The molecule has 1 aliphatic rings. The Morgan fingerprint density at radius 3 is 2.77 bits per heavy atom. The smallest absolute Gasteiger partial charge is 0.0486 e. The molecular weight excluding hydrogens is 268 g/mol. The fraction of sp³-hybridized carbons (Fsp3) is 0.300. The van der Waals surface area contributed by atoms with Crippen LogP contribution in [-0.2, 0) is 13.1 Å². The van der Waals surface area contributed by atoms with Crippen molar-refractivity contribution < 1.29 is 0 Å². The number of benzene rings is 2. The minimum absolute atomic E-state index is 0.749. The van der Waals surface area contributed by atoms with Gasteiger partial charge in [0.1, 0.15) is 0 Å². The van der Waals surface area contributed by atoms with Crippen LogP contribution in [0.15, 0.2) is 54.7 Å². The number of aromatic nitrogens is 1. The van der Waals surface area contributed by atoms with Crippen molar-refractivity contribution >= 4 is 10.9 Å². The average Bonchev–Trinajstić information content (AvgIpc) is 3.29. The Hall–Kier alpha value is -2.06. The van der Waals surface area contributed by atoms with Gasteiger partial charge in [0.15, 0.2) is 0 Å². The van der Waals surface area contributed by atoms with Gasteiger partial charge in [-0.05, 0) is 37.0 Å². The van der Waals surface area contributed by atoms with Crippen LogP contribution in [0.3, 0.4) is 0 Å². The quantitative estimate of drug-likeness (QED) is 0.743. The maximum atomic E-state index is 3.64. The average molecular weight is 290 g/mol. The topological polar surface area (TPSA) is 17.0 Å². The molecule has 1 aliphatic carbocycles. The Labute approximate surface area is 131 Å². The first-order valence-corrected chi connectivity index (χ1v) is 8.15. The number of aryl methyl sites for hydroxylation is 1. The van der Waals surface area contributed by atoms with Gasteiger partial charge in [0.05, 0.1) is 0 Å². The highest BCUT2D eigenvalue weighted by molar-refractivity contribution is 5.84. The van der Waals surface area contributed by atoms with E-state index in [0.717, 1.165) is 19.1 Å². The Morgan fingerprint density at radius 1 is 1.09 bits per heavy atom. The summed E-state index contributed by atoms with van der Waals surface area (Å²) in [5, 5.41) is 5.02. The molecule has 22 heavy (non-hydrogen) atoms. The number of fused-ring (bicyclic) bond motifs is 1. The standard InChI is InChI=1S/C20H22N2/c1-15-5-4-6-16(11-15)13-22-14-17(12-21-18-9-10-18)19-7-2-3-8-20(19)22/h2-8,11,14,18,21H,9-10,12-13H2,1H3. The fourth-order valence-electron chi connectivity index (χ4n) is 3.14. The summed E-state index contributed by atoms with van der Waals surface area (Å²) < 4.78 is 2.38. The first-order valence-electron chi connectivity index (χ1n) is 8.15. The highest BCUT2D eigenvalue weighted by Gasteiger charge is 2.20. The highest BCUT2D eigenvalue weighted by atomic mass is 15.0. The van der Waals surface area contributed by atoms with Crippen LogP contribution >= 0.6 is 0 Å². The lowest BCUT2D eigenvalue weighted by Crippen LogP contribution is -2.14. The van der Waals surface area contributed by atoms with Crippen LogP contribution in [0.2, 0.25) is 0 Å². The summed E-state index contributed by atoms with van der Waals surface area (Å²) in [6.45, 7) is 4.07. The van der Waals surface area contributed by atoms with Crippen molar-refractivity contribution in [2.75, 3.05) is 0 Å². The van der Waals surface area contributed by atoms with Gasteiger partial charge in [0.2, 0.25) is 0 Å². The first-order chi connectivity index (χ1) is 10.8. The second-order valence-electron chi connectivity index (χ2n) is 6.44. The second-order valence-corrected chi connectivity index (χ2v) is 6.44. The number of hydrogen-bond donors (Lipinski definition) is 1. The molecule has 2 heteroatoms. The number of para-hydroxylation sites is 1. The number of rotatable bonds is 5. The third kappa shape index (κ3) is 2.79. The zero-order valence-corrected chi connectivity index (χ0v) is 13.0. The van der Waals surface area contributed by atoms with Crippen LogP contribution in [0.5, 0.6) is 0 Å². The van der Waals surface area contributed by atoms with Crippen molar-refractivity contribution in [1.29, 1.82) is 0 Å². The van der Waals surface area contributed by atoms with Crippen LogP contribution in [0.25, 0.3) is 10.9 Å². The van der Waals surface area contributed by atoms with Gasteiger partial charge in [-0.3, -0.25) is 0 Å². The van der Waals surface area contributed by atoms with Crippen molar-refractivity contribution in [3.8, 4) is 0 Å². The molecule has 1 fully saturated rings. The van der Waals surface area contributed by atoms with Gasteiger partial charge in [-0.25, -0.2) is 0 Å². The minimum atomic E-state index is 0.749. The van der Waals surface area contributed by atoms with E-state index < -0.39 is 0 Å². The third-order valence-corrected chi connectivity index (χ3v) is 4.47. The molecule has 112 valence electrons. The third-order valence-electron chi connectivity index (χ3n) is 4.47. The van der Waals surface area contributed by atoms with Gasteiger partial charge >= 0.3 is 0 Å². The summed E-state index contributed by atoms with van der Waals surface area (Å²) in [5.41, 5.74) is 5.43. The SMILES string of the molecule is Cc1cccc(Cn2cc(CNC3CC3)c3ccccc32)c1. The maximum Gasteiger partial charge on any atom is 0.0486 e. The van der Waals surface area contributed by atoms with Gasteiger partial charge in [-0.1, -0.05) is 48.0 Å². The molecule has 0 aliphatic heterocycles. The predicted molar refractivity (Wildman–Crippen MR) is 92.1 cm³/mol. The molecule has 0 saturated heterocycles. The van der Waals surface area contributed by atoms with E-state index in [1.165, 1.54) is 40.4 Å². The maximum absolute atomic E-state index is 3.64. The van der Waals surface area contributed by atoms with E-state index in [9.17, 15) is 0 Å². The molecule has 1 aromatic heterocycles. The first kappa shape index (κ1) is 13.6. The molecule has 0 atom stereocenters. The van der Waals surface area contributed by atoms with Gasteiger partial charge in [-0.15, -0.1) is 0 Å². The number of hydrogen-bond acceptors (Lipinski definition) is 1. The fourth-order valence-corrected chi connectivity index (χ4v) is 3.14. The van der Waals surface area contributed by atoms with Crippen LogP contribution in [0, 0.1) is 6.92 Å². The summed E-state index contributed by atoms with van der Waals surface area (Å²) in [5.74, 6) is 0. The molecular formula is C20H22N2. The molecule has 0 amide bonds. The minimum Gasteiger partial charge on any atom is -0.343 e. The highest BCUT2D eigenvalue weighted by Crippen LogP contribution is 2.25. The number of nitrogens with zero attached hydrogens (tertiary/aromatic N) is 1. The number of nitrogens with one attached hydrogen (secondary N) is 1. The molecule has 0 radical (unpaired) electrons. The van der Waals surface area contributed by atoms with E-state index in [0.29, 0.717) is 0 Å². The van der Waals surface area contributed by atoms with Crippen molar-refractivity contribution in [3.63, 3.8) is 0 Å². The van der Waals surface area contributed by atoms with E-state index in [4.69, 9.17) is 0 Å². The summed E-state index contributed by atoms with van der Waals surface area (Å²) in [6, 6.07) is 18.3. The molecule has 1 heterocycles. The van der Waals surface area contributed by atoms with Gasteiger partial charge < -0.3 is 9.88 Å². The van der Waals surface area contributed by atoms with E-state index in [-0.39, 0.29) is 0 Å². The zero-order chi connectivity index (χ0) is 14.9. The van der Waals surface area contributed by atoms with Crippen LogP contribution in [0.1, 0.15) is 29.5 Å². The van der Waals surface area contributed by atoms with E-state index >= 15 is 0 Å². The van der Waals surface area contributed by atoms with Crippen molar-refractivity contribution in [3.05, 3.63) is 71.4 Å². The molecule has 2 aromatic carbocycles. The molecule has 3 aromatic rings.